The number of allylic oxidation sites excluding steroid dienone is 1. The maximum absolute atomic E-state index is 12.5. The van der Waals surface area contributed by atoms with Crippen LogP contribution in [-0.2, 0) is 6.42 Å². The predicted octanol–water partition coefficient (Wildman–Crippen LogP) is 2.31. The van der Waals surface area contributed by atoms with E-state index in [1.54, 1.807) is 12.1 Å². The van der Waals surface area contributed by atoms with E-state index in [4.69, 9.17) is 5.11 Å². The molecular formula is C11H13FO. The highest BCUT2D eigenvalue weighted by Crippen LogP contribution is 2.03. The van der Waals surface area contributed by atoms with E-state index in [1.165, 1.54) is 12.1 Å². The molecule has 0 unspecified atom stereocenters. The Balaban J connectivity index is 2.41. The van der Waals surface area contributed by atoms with E-state index in [0.29, 0.717) is 6.42 Å². The summed E-state index contributed by atoms with van der Waals surface area (Å²) in [6.07, 6.45) is 5.37. The van der Waals surface area contributed by atoms with Gasteiger partial charge < -0.3 is 5.11 Å². The Bertz CT molecular complexity index is 264. The number of benzene rings is 1. The molecule has 1 aromatic rings. The molecule has 0 aromatic heterocycles. The van der Waals surface area contributed by atoms with Gasteiger partial charge >= 0.3 is 0 Å². The highest BCUT2D eigenvalue weighted by atomic mass is 19.1. The molecule has 1 aromatic carbocycles. The van der Waals surface area contributed by atoms with Crippen LogP contribution in [0.2, 0.25) is 0 Å². The zero-order chi connectivity index (χ0) is 9.52. The minimum atomic E-state index is -0.205. The summed E-state index contributed by atoms with van der Waals surface area (Å²) in [6, 6.07) is 6.43. The third kappa shape index (κ3) is 3.85. The van der Waals surface area contributed by atoms with Crippen LogP contribution in [0.5, 0.6) is 0 Å². The first-order valence-electron chi connectivity index (χ1n) is 4.33. The minimum absolute atomic E-state index is 0.180. The molecule has 0 radical (unpaired) electrons. The van der Waals surface area contributed by atoms with E-state index in [1.807, 2.05) is 12.2 Å². The SMILES string of the molecule is OCC/C=C\Cc1ccc(F)cc1. The lowest BCUT2D eigenvalue weighted by Gasteiger charge is -1.94. The van der Waals surface area contributed by atoms with Crippen molar-refractivity contribution in [2.24, 2.45) is 0 Å². The van der Waals surface area contributed by atoms with Gasteiger partial charge in [0.25, 0.3) is 0 Å². The van der Waals surface area contributed by atoms with Crippen molar-refractivity contribution < 1.29 is 9.50 Å². The summed E-state index contributed by atoms with van der Waals surface area (Å²) >= 11 is 0. The van der Waals surface area contributed by atoms with Crippen molar-refractivity contribution in [3.63, 3.8) is 0 Å². The molecule has 0 spiro atoms. The molecule has 2 heteroatoms. The Morgan fingerprint density at radius 3 is 2.46 bits per heavy atom. The normalized spacial score (nSPS) is 10.9. The van der Waals surface area contributed by atoms with Gasteiger partial charge in [0, 0.05) is 6.61 Å². The van der Waals surface area contributed by atoms with Crippen LogP contribution in [0.25, 0.3) is 0 Å². The van der Waals surface area contributed by atoms with Gasteiger partial charge in [0.2, 0.25) is 0 Å². The predicted molar refractivity (Wildman–Crippen MR) is 50.9 cm³/mol. The smallest absolute Gasteiger partial charge is 0.123 e. The second kappa shape index (κ2) is 5.49. The van der Waals surface area contributed by atoms with Crippen molar-refractivity contribution in [1.29, 1.82) is 0 Å². The molecule has 0 bridgehead atoms. The Hall–Kier alpha value is -1.15. The number of rotatable bonds is 4. The molecule has 0 heterocycles. The largest absolute Gasteiger partial charge is 0.396 e. The van der Waals surface area contributed by atoms with Crippen LogP contribution < -0.4 is 0 Å². The Morgan fingerprint density at radius 1 is 1.15 bits per heavy atom. The van der Waals surface area contributed by atoms with Crippen LogP contribution in [0.15, 0.2) is 36.4 Å². The molecule has 0 aliphatic rings. The molecule has 0 aliphatic heterocycles. The van der Waals surface area contributed by atoms with E-state index in [9.17, 15) is 4.39 Å². The quantitative estimate of drug-likeness (QED) is 0.705. The zero-order valence-corrected chi connectivity index (χ0v) is 7.41. The summed E-state index contributed by atoms with van der Waals surface area (Å²) in [6.45, 7) is 0.180. The van der Waals surface area contributed by atoms with Crippen molar-refractivity contribution >= 4 is 0 Å². The first kappa shape index (κ1) is 9.93. The molecule has 0 fully saturated rings. The Morgan fingerprint density at radius 2 is 1.85 bits per heavy atom. The van der Waals surface area contributed by atoms with Crippen molar-refractivity contribution in [2.45, 2.75) is 12.8 Å². The summed E-state index contributed by atoms with van der Waals surface area (Å²) in [5.74, 6) is -0.205. The topological polar surface area (TPSA) is 20.2 Å². The van der Waals surface area contributed by atoms with Gasteiger partial charge in [0.05, 0.1) is 0 Å². The fraction of sp³-hybridized carbons (Fsp3) is 0.273. The number of hydrogen-bond acceptors (Lipinski definition) is 1. The summed E-state index contributed by atoms with van der Waals surface area (Å²) in [5.41, 5.74) is 1.08. The van der Waals surface area contributed by atoms with Crippen LogP contribution in [0.1, 0.15) is 12.0 Å². The Labute approximate surface area is 77.5 Å². The van der Waals surface area contributed by atoms with E-state index < -0.39 is 0 Å². The van der Waals surface area contributed by atoms with Crippen LogP contribution in [0.3, 0.4) is 0 Å². The van der Waals surface area contributed by atoms with Gasteiger partial charge in [0.15, 0.2) is 0 Å². The highest BCUT2D eigenvalue weighted by Gasteiger charge is 1.89. The molecule has 0 atom stereocenters. The maximum Gasteiger partial charge on any atom is 0.123 e. The minimum Gasteiger partial charge on any atom is -0.396 e. The molecule has 13 heavy (non-hydrogen) atoms. The molecule has 70 valence electrons. The lowest BCUT2D eigenvalue weighted by molar-refractivity contribution is 0.302. The summed E-state index contributed by atoms with van der Waals surface area (Å²) in [7, 11) is 0. The van der Waals surface area contributed by atoms with Crippen molar-refractivity contribution in [2.75, 3.05) is 6.61 Å². The lowest BCUT2D eigenvalue weighted by atomic mass is 10.1. The van der Waals surface area contributed by atoms with Gasteiger partial charge in [-0.05, 0) is 30.5 Å². The molecule has 0 saturated heterocycles. The van der Waals surface area contributed by atoms with E-state index in [0.717, 1.165) is 12.0 Å². The summed E-state index contributed by atoms with van der Waals surface area (Å²) < 4.78 is 12.5. The average molecular weight is 180 g/mol. The second-order valence-electron chi connectivity index (χ2n) is 2.81. The fourth-order valence-corrected chi connectivity index (χ4v) is 1.03. The number of hydrogen-bond donors (Lipinski definition) is 1. The third-order valence-electron chi connectivity index (χ3n) is 1.73. The van der Waals surface area contributed by atoms with E-state index in [2.05, 4.69) is 0 Å². The molecule has 1 N–H and O–H groups in total. The van der Waals surface area contributed by atoms with Gasteiger partial charge in [-0.1, -0.05) is 24.3 Å². The van der Waals surface area contributed by atoms with Crippen molar-refractivity contribution in [1.82, 2.24) is 0 Å². The van der Waals surface area contributed by atoms with Crippen LogP contribution >= 0.6 is 0 Å². The van der Waals surface area contributed by atoms with Crippen molar-refractivity contribution in [3.05, 3.63) is 47.8 Å². The lowest BCUT2D eigenvalue weighted by Crippen LogP contribution is -1.82. The van der Waals surface area contributed by atoms with Crippen LogP contribution in [0.4, 0.5) is 4.39 Å². The summed E-state index contributed by atoms with van der Waals surface area (Å²) in [5, 5.41) is 8.50. The molecule has 0 amide bonds. The first-order chi connectivity index (χ1) is 6.33. The van der Waals surface area contributed by atoms with Crippen molar-refractivity contribution in [3.8, 4) is 0 Å². The van der Waals surface area contributed by atoms with E-state index in [-0.39, 0.29) is 12.4 Å². The molecule has 0 saturated carbocycles. The van der Waals surface area contributed by atoms with Gasteiger partial charge in [-0.25, -0.2) is 4.39 Å². The summed E-state index contributed by atoms with van der Waals surface area (Å²) in [4.78, 5) is 0. The second-order valence-corrected chi connectivity index (χ2v) is 2.81. The number of aliphatic hydroxyl groups excluding tert-OH is 1. The van der Waals surface area contributed by atoms with Crippen LogP contribution in [-0.4, -0.2) is 11.7 Å². The van der Waals surface area contributed by atoms with Gasteiger partial charge in [0.1, 0.15) is 5.82 Å². The zero-order valence-electron chi connectivity index (χ0n) is 7.41. The first-order valence-corrected chi connectivity index (χ1v) is 4.33. The highest BCUT2D eigenvalue weighted by molar-refractivity contribution is 5.18. The maximum atomic E-state index is 12.5. The van der Waals surface area contributed by atoms with Gasteiger partial charge in [-0.2, -0.15) is 0 Å². The fourth-order valence-electron chi connectivity index (χ4n) is 1.03. The van der Waals surface area contributed by atoms with Crippen LogP contribution in [0, 0.1) is 5.82 Å². The Kier molecular flexibility index (Phi) is 4.19. The average Bonchev–Trinajstić information content (AvgIpc) is 2.15. The molecule has 0 aliphatic carbocycles. The molecule has 1 nitrogen and oxygen atoms in total. The number of aliphatic hydroxyl groups is 1. The third-order valence-corrected chi connectivity index (χ3v) is 1.73. The molecular weight excluding hydrogens is 167 g/mol. The molecule has 1 rings (SSSR count). The van der Waals surface area contributed by atoms with Gasteiger partial charge in [-0.15, -0.1) is 0 Å². The monoisotopic (exact) mass is 180 g/mol. The number of halogens is 1. The van der Waals surface area contributed by atoms with Gasteiger partial charge in [-0.3, -0.25) is 0 Å². The standard InChI is InChI=1S/C11H13FO/c12-11-7-5-10(6-8-11)4-2-1-3-9-13/h1-2,5-8,13H,3-4,9H2/b2-1-. The van der Waals surface area contributed by atoms with E-state index >= 15 is 0 Å².